The number of methoxy groups -OCH3 is 2. The molecule has 1 aromatic rings. The molecular weight excluding hydrogens is 228 g/mol. The van der Waals surface area contributed by atoms with E-state index < -0.39 is 0 Å². The van der Waals surface area contributed by atoms with Crippen molar-refractivity contribution >= 4 is 0 Å². The molecule has 1 N–H and O–H groups in total. The van der Waals surface area contributed by atoms with Gasteiger partial charge in [0.1, 0.15) is 0 Å². The third-order valence-electron chi connectivity index (χ3n) is 2.71. The molecule has 0 aromatic carbocycles. The van der Waals surface area contributed by atoms with Crippen LogP contribution in [-0.2, 0) is 6.54 Å². The molecule has 0 radical (unpaired) electrons. The van der Waals surface area contributed by atoms with E-state index in [1.807, 2.05) is 0 Å². The molecule has 0 amide bonds. The lowest BCUT2D eigenvalue weighted by molar-refractivity contribution is 0.344. The lowest BCUT2D eigenvalue weighted by Crippen LogP contribution is -2.21. The molecule has 0 aliphatic heterocycles. The molecule has 0 fully saturated rings. The van der Waals surface area contributed by atoms with Crippen LogP contribution in [0.2, 0.25) is 0 Å². The highest BCUT2D eigenvalue weighted by Gasteiger charge is 2.12. The van der Waals surface area contributed by atoms with Crippen molar-refractivity contribution in [3.05, 3.63) is 18.0 Å². The van der Waals surface area contributed by atoms with E-state index in [9.17, 15) is 0 Å². The van der Waals surface area contributed by atoms with Gasteiger partial charge in [-0.1, -0.05) is 20.8 Å². The zero-order valence-electron chi connectivity index (χ0n) is 12.0. The van der Waals surface area contributed by atoms with E-state index in [1.165, 1.54) is 0 Å². The zero-order chi connectivity index (χ0) is 13.6. The van der Waals surface area contributed by atoms with Gasteiger partial charge in [-0.3, -0.25) is 4.98 Å². The third-order valence-corrected chi connectivity index (χ3v) is 2.71. The highest BCUT2D eigenvalue weighted by Crippen LogP contribution is 2.28. The normalized spacial score (nSPS) is 11.4. The van der Waals surface area contributed by atoms with E-state index >= 15 is 0 Å². The predicted octanol–water partition coefficient (Wildman–Crippen LogP) is 2.62. The lowest BCUT2D eigenvalue weighted by Gasteiger charge is -2.18. The number of aromatic nitrogens is 1. The minimum Gasteiger partial charge on any atom is -0.493 e. The SMILES string of the molecule is COc1ccnc(CNCCC(C)(C)C)c1OC. The van der Waals surface area contributed by atoms with E-state index in [1.54, 1.807) is 26.5 Å². The van der Waals surface area contributed by atoms with Gasteiger partial charge in [0.25, 0.3) is 0 Å². The Hall–Kier alpha value is -1.29. The van der Waals surface area contributed by atoms with Crippen LogP contribution < -0.4 is 14.8 Å². The second-order valence-corrected chi connectivity index (χ2v) is 5.48. The Morgan fingerprint density at radius 1 is 1.22 bits per heavy atom. The summed E-state index contributed by atoms with van der Waals surface area (Å²) in [5, 5.41) is 3.39. The summed E-state index contributed by atoms with van der Waals surface area (Å²) < 4.78 is 10.6. The zero-order valence-corrected chi connectivity index (χ0v) is 12.0. The highest BCUT2D eigenvalue weighted by atomic mass is 16.5. The molecule has 4 nitrogen and oxygen atoms in total. The van der Waals surface area contributed by atoms with Crippen molar-refractivity contribution in [3.8, 4) is 11.5 Å². The Morgan fingerprint density at radius 2 is 1.94 bits per heavy atom. The molecule has 0 saturated carbocycles. The summed E-state index contributed by atoms with van der Waals surface area (Å²) in [6, 6.07) is 1.80. The average molecular weight is 252 g/mol. The van der Waals surface area contributed by atoms with E-state index in [-0.39, 0.29) is 0 Å². The molecule has 0 bridgehead atoms. The van der Waals surface area contributed by atoms with Crippen molar-refractivity contribution in [1.29, 1.82) is 0 Å². The van der Waals surface area contributed by atoms with Gasteiger partial charge in [-0.15, -0.1) is 0 Å². The smallest absolute Gasteiger partial charge is 0.183 e. The quantitative estimate of drug-likeness (QED) is 0.790. The van der Waals surface area contributed by atoms with Crippen LogP contribution in [0.25, 0.3) is 0 Å². The molecule has 1 rings (SSSR count). The minimum atomic E-state index is 0.346. The Labute approximate surface area is 110 Å². The van der Waals surface area contributed by atoms with Gasteiger partial charge in [0.2, 0.25) is 0 Å². The maximum Gasteiger partial charge on any atom is 0.183 e. The number of hydrogen-bond donors (Lipinski definition) is 1. The van der Waals surface area contributed by atoms with E-state index in [2.05, 4.69) is 31.1 Å². The van der Waals surface area contributed by atoms with Crippen LogP contribution in [0, 0.1) is 5.41 Å². The molecule has 4 heteroatoms. The fourth-order valence-corrected chi connectivity index (χ4v) is 1.65. The number of rotatable bonds is 6. The van der Waals surface area contributed by atoms with Crippen LogP contribution in [0.4, 0.5) is 0 Å². The minimum absolute atomic E-state index is 0.346. The van der Waals surface area contributed by atoms with Crippen molar-refractivity contribution in [1.82, 2.24) is 10.3 Å². The molecule has 0 aliphatic carbocycles. The molecule has 0 unspecified atom stereocenters. The monoisotopic (exact) mass is 252 g/mol. The summed E-state index contributed by atoms with van der Waals surface area (Å²) in [6.45, 7) is 8.36. The predicted molar refractivity (Wildman–Crippen MR) is 73.1 cm³/mol. The molecule has 102 valence electrons. The third kappa shape index (κ3) is 4.53. The van der Waals surface area contributed by atoms with Crippen LogP contribution in [0.1, 0.15) is 32.9 Å². The molecule has 18 heavy (non-hydrogen) atoms. The van der Waals surface area contributed by atoms with E-state index in [4.69, 9.17) is 9.47 Å². The standard InChI is InChI=1S/C14H24N2O2/c1-14(2,3)7-9-15-10-11-13(18-5)12(17-4)6-8-16-11/h6,8,15H,7,9-10H2,1-5H3. The van der Waals surface area contributed by atoms with Gasteiger partial charge in [0.15, 0.2) is 11.5 Å². The van der Waals surface area contributed by atoms with Gasteiger partial charge in [0, 0.05) is 18.8 Å². The fourth-order valence-electron chi connectivity index (χ4n) is 1.65. The summed E-state index contributed by atoms with van der Waals surface area (Å²) in [7, 11) is 3.27. The Morgan fingerprint density at radius 3 is 2.50 bits per heavy atom. The number of pyridine rings is 1. The first-order valence-corrected chi connectivity index (χ1v) is 6.24. The maximum atomic E-state index is 5.34. The van der Waals surface area contributed by atoms with Gasteiger partial charge in [-0.2, -0.15) is 0 Å². The van der Waals surface area contributed by atoms with Crippen LogP contribution >= 0.6 is 0 Å². The number of nitrogens with one attached hydrogen (secondary N) is 1. The number of nitrogens with zero attached hydrogens (tertiary/aromatic N) is 1. The average Bonchev–Trinajstić information content (AvgIpc) is 2.32. The Balaban J connectivity index is 2.57. The maximum absolute atomic E-state index is 5.34. The fraction of sp³-hybridized carbons (Fsp3) is 0.643. The summed E-state index contributed by atoms with van der Waals surface area (Å²) in [4.78, 5) is 4.32. The van der Waals surface area contributed by atoms with Gasteiger partial charge in [-0.05, 0) is 18.4 Å². The van der Waals surface area contributed by atoms with Gasteiger partial charge in [0.05, 0.1) is 19.9 Å². The van der Waals surface area contributed by atoms with Gasteiger partial charge in [-0.25, -0.2) is 0 Å². The lowest BCUT2D eigenvalue weighted by atomic mass is 9.92. The first-order chi connectivity index (χ1) is 8.48. The molecule has 0 aliphatic rings. The molecule has 1 heterocycles. The second kappa shape index (κ2) is 6.59. The van der Waals surface area contributed by atoms with Crippen molar-refractivity contribution in [3.63, 3.8) is 0 Å². The summed E-state index contributed by atoms with van der Waals surface area (Å²) in [5.74, 6) is 1.43. The van der Waals surface area contributed by atoms with Crippen molar-refractivity contribution in [2.24, 2.45) is 5.41 Å². The molecule has 0 spiro atoms. The van der Waals surface area contributed by atoms with Crippen molar-refractivity contribution < 1.29 is 9.47 Å². The molecule has 1 aromatic heterocycles. The van der Waals surface area contributed by atoms with Crippen molar-refractivity contribution in [2.45, 2.75) is 33.7 Å². The Bertz CT molecular complexity index is 373. The topological polar surface area (TPSA) is 43.4 Å². The second-order valence-electron chi connectivity index (χ2n) is 5.48. The Kier molecular flexibility index (Phi) is 5.41. The van der Waals surface area contributed by atoms with Crippen molar-refractivity contribution in [2.75, 3.05) is 20.8 Å². The largest absolute Gasteiger partial charge is 0.493 e. The van der Waals surface area contributed by atoms with E-state index in [0.717, 1.165) is 24.4 Å². The summed E-state index contributed by atoms with van der Waals surface area (Å²) in [5.41, 5.74) is 1.23. The van der Waals surface area contributed by atoms with Gasteiger partial charge < -0.3 is 14.8 Å². The van der Waals surface area contributed by atoms with Crippen LogP contribution in [0.15, 0.2) is 12.3 Å². The van der Waals surface area contributed by atoms with E-state index in [0.29, 0.717) is 17.7 Å². The first kappa shape index (κ1) is 14.8. The van der Waals surface area contributed by atoms with Crippen LogP contribution in [0.5, 0.6) is 11.5 Å². The summed E-state index contributed by atoms with van der Waals surface area (Å²) >= 11 is 0. The molecular formula is C14H24N2O2. The first-order valence-electron chi connectivity index (χ1n) is 6.24. The molecule has 0 saturated heterocycles. The molecule has 0 atom stereocenters. The number of ether oxygens (including phenoxy) is 2. The van der Waals surface area contributed by atoms with Gasteiger partial charge >= 0.3 is 0 Å². The number of hydrogen-bond acceptors (Lipinski definition) is 4. The summed E-state index contributed by atoms with van der Waals surface area (Å²) in [6.07, 6.45) is 2.86. The highest BCUT2D eigenvalue weighted by molar-refractivity contribution is 5.42. The van der Waals surface area contributed by atoms with Crippen LogP contribution in [0.3, 0.4) is 0 Å². The van der Waals surface area contributed by atoms with Crippen LogP contribution in [-0.4, -0.2) is 25.7 Å².